The molecule has 4 heteroatoms. The molecule has 3 atom stereocenters. The molecule has 0 bridgehead atoms. The van der Waals surface area contributed by atoms with Gasteiger partial charge in [0, 0.05) is 12.1 Å². The monoisotopic (exact) mass is 270 g/mol. The van der Waals surface area contributed by atoms with Crippen LogP contribution in [-0.4, -0.2) is 49.7 Å². The van der Waals surface area contributed by atoms with Crippen LogP contribution in [0, 0.1) is 5.92 Å². The van der Waals surface area contributed by atoms with Crippen LogP contribution in [0.15, 0.2) is 0 Å². The Balaban J connectivity index is 2.66. The third-order valence-electron chi connectivity index (χ3n) is 4.63. The van der Waals surface area contributed by atoms with E-state index in [1.807, 2.05) is 7.05 Å². The molecule has 0 spiro atoms. The van der Waals surface area contributed by atoms with Crippen LogP contribution in [0.3, 0.4) is 0 Å². The number of nitrogens with zero attached hydrogens (tertiary/aromatic N) is 1. The Bertz CT molecular complexity index is 307. The molecule has 1 rings (SSSR count). The zero-order valence-electron chi connectivity index (χ0n) is 13.3. The van der Waals surface area contributed by atoms with Crippen molar-refractivity contribution >= 4 is 5.97 Å². The van der Waals surface area contributed by atoms with Gasteiger partial charge < -0.3 is 15.0 Å². The van der Waals surface area contributed by atoms with Gasteiger partial charge in [-0.25, -0.2) is 0 Å². The largest absolute Gasteiger partial charge is 0.468 e. The summed E-state index contributed by atoms with van der Waals surface area (Å²) in [6, 6.07) is 1.01. The lowest BCUT2D eigenvalue weighted by Gasteiger charge is -2.33. The first-order valence-electron chi connectivity index (χ1n) is 7.35. The van der Waals surface area contributed by atoms with E-state index in [1.165, 1.54) is 13.5 Å². The highest BCUT2D eigenvalue weighted by atomic mass is 16.5. The number of carbonyl (C=O) groups excluding carboxylic acids is 1. The van der Waals surface area contributed by atoms with E-state index in [4.69, 9.17) is 4.74 Å². The van der Waals surface area contributed by atoms with Crippen molar-refractivity contribution in [3.63, 3.8) is 0 Å². The molecule has 1 saturated carbocycles. The fourth-order valence-electron chi connectivity index (χ4n) is 3.29. The summed E-state index contributed by atoms with van der Waals surface area (Å²) < 4.78 is 4.96. The zero-order chi connectivity index (χ0) is 14.6. The van der Waals surface area contributed by atoms with Crippen LogP contribution in [0.25, 0.3) is 0 Å². The summed E-state index contributed by atoms with van der Waals surface area (Å²) in [7, 11) is 5.51. The predicted octanol–water partition coefficient (Wildman–Crippen LogP) is 2.04. The van der Waals surface area contributed by atoms with Gasteiger partial charge in [0.1, 0.15) is 5.54 Å². The number of hydrogen-bond acceptors (Lipinski definition) is 4. The number of carbonyl (C=O) groups is 1. The summed E-state index contributed by atoms with van der Waals surface area (Å²) in [5.41, 5.74) is -0.481. The molecule has 3 unspecified atom stereocenters. The number of likely N-dealkylation sites (N-methyl/N-ethyl adjacent to an activating group) is 1. The fraction of sp³-hybridized carbons (Fsp3) is 0.933. The van der Waals surface area contributed by atoms with E-state index in [2.05, 4.69) is 38.0 Å². The lowest BCUT2D eigenvalue weighted by Crippen LogP contribution is -2.50. The molecule has 0 aromatic rings. The van der Waals surface area contributed by atoms with Crippen LogP contribution in [0.1, 0.15) is 46.5 Å². The van der Waals surface area contributed by atoms with Crippen molar-refractivity contribution in [2.45, 2.75) is 64.1 Å². The smallest absolute Gasteiger partial charge is 0.326 e. The molecule has 0 aromatic carbocycles. The van der Waals surface area contributed by atoms with E-state index in [0.29, 0.717) is 18.0 Å². The summed E-state index contributed by atoms with van der Waals surface area (Å²) in [6.45, 7) is 6.79. The number of rotatable bonds is 6. The van der Waals surface area contributed by atoms with E-state index in [9.17, 15) is 4.79 Å². The van der Waals surface area contributed by atoms with Crippen molar-refractivity contribution in [3.8, 4) is 0 Å². The molecule has 0 aromatic heterocycles. The molecule has 1 fully saturated rings. The van der Waals surface area contributed by atoms with Crippen molar-refractivity contribution in [1.29, 1.82) is 0 Å². The molecule has 0 aliphatic heterocycles. The second-order valence-corrected chi connectivity index (χ2v) is 6.36. The topological polar surface area (TPSA) is 41.6 Å². The van der Waals surface area contributed by atoms with Gasteiger partial charge in [-0.05, 0) is 52.6 Å². The fourth-order valence-corrected chi connectivity index (χ4v) is 3.29. The first-order valence-corrected chi connectivity index (χ1v) is 7.35. The van der Waals surface area contributed by atoms with Crippen molar-refractivity contribution in [2.24, 2.45) is 5.92 Å². The Hall–Kier alpha value is -0.610. The molecule has 112 valence electrons. The van der Waals surface area contributed by atoms with Gasteiger partial charge in [0.25, 0.3) is 0 Å². The number of esters is 1. The van der Waals surface area contributed by atoms with Gasteiger partial charge in [-0.3, -0.25) is 4.79 Å². The van der Waals surface area contributed by atoms with Gasteiger partial charge >= 0.3 is 5.97 Å². The van der Waals surface area contributed by atoms with Crippen molar-refractivity contribution < 1.29 is 9.53 Å². The Labute approximate surface area is 117 Å². The molecule has 1 N–H and O–H groups in total. The zero-order valence-corrected chi connectivity index (χ0v) is 13.3. The maximum atomic E-state index is 12.0. The Morgan fingerprint density at radius 1 is 1.47 bits per heavy atom. The molecule has 1 aliphatic rings. The third-order valence-corrected chi connectivity index (χ3v) is 4.63. The van der Waals surface area contributed by atoms with E-state index in [-0.39, 0.29) is 5.97 Å². The van der Waals surface area contributed by atoms with Gasteiger partial charge in [-0.15, -0.1) is 0 Å². The van der Waals surface area contributed by atoms with Crippen LogP contribution >= 0.6 is 0 Å². The molecular formula is C15H30N2O2. The Morgan fingerprint density at radius 2 is 2.11 bits per heavy atom. The highest BCUT2D eigenvalue weighted by molar-refractivity contribution is 5.81. The summed E-state index contributed by atoms with van der Waals surface area (Å²) in [4.78, 5) is 14.4. The molecule has 0 radical (unpaired) electrons. The summed E-state index contributed by atoms with van der Waals surface area (Å²) in [5, 5.41) is 3.19. The highest BCUT2D eigenvalue weighted by Crippen LogP contribution is 2.34. The van der Waals surface area contributed by atoms with Crippen LogP contribution < -0.4 is 5.32 Å². The van der Waals surface area contributed by atoms with Gasteiger partial charge in [-0.1, -0.05) is 13.8 Å². The van der Waals surface area contributed by atoms with Crippen LogP contribution in [0.2, 0.25) is 0 Å². The Kier molecular flexibility index (Phi) is 5.81. The number of hydrogen-bond donors (Lipinski definition) is 1. The first-order chi connectivity index (χ1) is 8.86. The van der Waals surface area contributed by atoms with E-state index in [0.717, 1.165) is 19.3 Å². The molecular weight excluding hydrogens is 240 g/mol. The summed E-state index contributed by atoms with van der Waals surface area (Å²) >= 11 is 0. The lowest BCUT2D eigenvalue weighted by molar-refractivity contribution is -0.148. The van der Waals surface area contributed by atoms with E-state index >= 15 is 0 Å². The molecule has 0 heterocycles. The van der Waals surface area contributed by atoms with Crippen LogP contribution in [0.4, 0.5) is 0 Å². The van der Waals surface area contributed by atoms with Crippen LogP contribution in [0.5, 0.6) is 0 Å². The average molecular weight is 270 g/mol. The van der Waals surface area contributed by atoms with E-state index < -0.39 is 5.54 Å². The van der Waals surface area contributed by atoms with Gasteiger partial charge in [-0.2, -0.15) is 0 Å². The average Bonchev–Trinajstić information content (AvgIpc) is 2.81. The molecule has 19 heavy (non-hydrogen) atoms. The highest BCUT2D eigenvalue weighted by Gasteiger charge is 2.46. The van der Waals surface area contributed by atoms with Gasteiger partial charge in [0.05, 0.1) is 7.11 Å². The van der Waals surface area contributed by atoms with Crippen molar-refractivity contribution in [3.05, 3.63) is 0 Å². The first kappa shape index (κ1) is 16.4. The molecule has 4 nitrogen and oxygen atoms in total. The van der Waals surface area contributed by atoms with Crippen molar-refractivity contribution in [1.82, 2.24) is 10.2 Å². The number of methoxy groups -OCH3 is 1. The van der Waals surface area contributed by atoms with Gasteiger partial charge in [0.2, 0.25) is 0 Å². The minimum Gasteiger partial charge on any atom is -0.468 e. The predicted molar refractivity (Wildman–Crippen MR) is 78.1 cm³/mol. The summed E-state index contributed by atoms with van der Waals surface area (Å²) in [5.74, 6) is 0.580. The third kappa shape index (κ3) is 3.69. The molecule has 0 amide bonds. The maximum absolute atomic E-state index is 12.0. The SMILES string of the molecule is CNC1(C(=O)OC)CCC(N(C)C(C)CC(C)C)C1. The minimum atomic E-state index is -0.481. The number of ether oxygens (including phenoxy) is 1. The van der Waals surface area contributed by atoms with Crippen molar-refractivity contribution in [2.75, 3.05) is 21.2 Å². The minimum absolute atomic E-state index is 0.123. The Morgan fingerprint density at radius 3 is 2.58 bits per heavy atom. The lowest BCUT2D eigenvalue weighted by atomic mass is 9.97. The second-order valence-electron chi connectivity index (χ2n) is 6.36. The van der Waals surface area contributed by atoms with Crippen LogP contribution in [-0.2, 0) is 9.53 Å². The normalized spacial score (nSPS) is 28.9. The van der Waals surface area contributed by atoms with E-state index in [1.54, 1.807) is 0 Å². The molecule has 1 aliphatic carbocycles. The standard InChI is InChI=1S/C15H30N2O2/c1-11(2)9-12(3)17(5)13-7-8-15(10-13,16-4)14(18)19-6/h11-13,16H,7-10H2,1-6H3. The maximum Gasteiger partial charge on any atom is 0.326 e. The molecule has 0 saturated heterocycles. The second kappa shape index (κ2) is 6.71. The number of nitrogens with one attached hydrogen (secondary N) is 1. The van der Waals surface area contributed by atoms with Gasteiger partial charge in [0.15, 0.2) is 0 Å². The summed E-state index contributed by atoms with van der Waals surface area (Å²) in [6.07, 6.45) is 3.95. The quantitative estimate of drug-likeness (QED) is 0.750.